The van der Waals surface area contributed by atoms with Crippen molar-refractivity contribution in [3.05, 3.63) is 29.8 Å². The Bertz CT molecular complexity index is 368. The molecule has 0 unspecified atom stereocenters. The fourth-order valence-electron chi connectivity index (χ4n) is 1.21. The minimum atomic E-state index is -0.855. The van der Waals surface area contributed by atoms with Gasteiger partial charge in [0.1, 0.15) is 5.75 Å². The Balaban J connectivity index is 2.43. The number of ether oxygens (including phenoxy) is 2. The molecule has 0 saturated heterocycles. The molecule has 0 aliphatic heterocycles. The monoisotopic (exact) mass is 238 g/mol. The normalized spacial score (nSPS) is 11.2. The quantitative estimate of drug-likeness (QED) is 0.826. The van der Waals surface area contributed by atoms with Gasteiger partial charge in [0, 0.05) is 0 Å². The van der Waals surface area contributed by atoms with Gasteiger partial charge < -0.3 is 14.6 Å². The molecule has 4 heteroatoms. The Morgan fingerprint density at radius 1 is 1.29 bits per heavy atom. The molecule has 0 aromatic heterocycles. The molecule has 0 heterocycles. The Morgan fingerprint density at radius 3 is 2.35 bits per heavy atom. The first-order valence-electron chi connectivity index (χ1n) is 5.40. The zero-order valence-corrected chi connectivity index (χ0v) is 10.4. The van der Waals surface area contributed by atoms with E-state index in [1.807, 2.05) is 24.3 Å². The van der Waals surface area contributed by atoms with Gasteiger partial charge in [-0.1, -0.05) is 12.1 Å². The van der Waals surface area contributed by atoms with Crippen LogP contribution < -0.4 is 4.74 Å². The number of methoxy groups -OCH3 is 1. The van der Waals surface area contributed by atoms with Crippen LogP contribution in [0.4, 0.5) is 0 Å². The Hall–Kier alpha value is -1.55. The maximum Gasteiger partial charge on any atom is 0.311 e. The van der Waals surface area contributed by atoms with Gasteiger partial charge in [-0.2, -0.15) is 0 Å². The zero-order chi connectivity index (χ0) is 12.9. The summed E-state index contributed by atoms with van der Waals surface area (Å²) in [5.74, 6) is -0.0631. The molecule has 1 N–H and O–H groups in total. The minimum Gasteiger partial charge on any atom is -0.497 e. The Kier molecular flexibility index (Phi) is 4.52. The van der Waals surface area contributed by atoms with Crippen LogP contribution in [0.3, 0.4) is 0 Å². The van der Waals surface area contributed by atoms with E-state index in [9.17, 15) is 4.79 Å². The minimum absolute atomic E-state index is 0.189. The van der Waals surface area contributed by atoms with Crippen LogP contribution in [0.2, 0.25) is 0 Å². The first-order chi connectivity index (χ1) is 7.95. The zero-order valence-electron chi connectivity index (χ0n) is 10.4. The number of benzene rings is 1. The molecule has 94 valence electrons. The van der Waals surface area contributed by atoms with Crippen LogP contribution >= 0.6 is 0 Å². The number of carboxylic acid groups (broad SMARTS) is 1. The molecule has 1 aromatic carbocycles. The molecule has 1 aromatic rings. The van der Waals surface area contributed by atoms with E-state index in [0.29, 0.717) is 6.61 Å². The highest BCUT2D eigenvalue weighted by atomic mass is 16.5. The topological polar surface area (TPSA) is 55.8 Å². The molecule has 0 spiro atoms. The van der Waals surface area contributed by atoms with Crippen molar-refractivity contribution in [2.24, 2.45) is 5.41 Å². The van der Waals surface area contributed by atoms with Crippen molar-refractivity contribution in [3.8, 4) is 5.75 Å². The van der Waals surface area contributed by atoms with Crippen LogP contribution in [0.1, 0.15) is 19.4 Å². The van der Waals surface area contributed by atoms with E-state index in [1.54, 1.807) is 21.0 Å². The summed E-state index contributed by atoms with van der Waals surface area (Å²) in [5.41, 5.74) is 0.138. The van der Waals surface area contributed by atoms with Crippen molar-refractivity contribution in [3.63, 3.8) is 0 Å². The summed E-state index contributed by atoms with van der Waals surface area (Å²) in [5, 5.41) is 8.91. The second-order valence-electron chi connectivity index (χ2n) is 4.53. The van der Waals surface area contributed by atoms with E-state index >= 15 is 0 Å². The lowest BCUT2D eigenvalue weighted by Crippen LogP contribution is -2.29. The molecular weight excluding hydrogens is 220 g/mol. The first kappa shape index (κ1) is 13.5. The number of rotatable bonds is 6. The predicted octanol–water partition coefficient (Wildman–Crippen LogP) is 2.32. The number of carbonyl (C=O) groups is 1. The van der Waals surface area contributed by atoms with Crippen molar-refractivity contribution in [1.82, 2.24) is 0 Å². The summed E-state index contributed by atoms with van der Waals surface area (Å²) in [4.78, 5) is 10.9. The van der Waals surface area contributed by atoms with Crippen molar-refractivity contribution in [1.29, 1.82) is 0 Å². The number of carboxylic acids is 1. The Labute approximate surface area is 101 Å². The maximum atomic E-state index is 10.9. The number of hydrogen-bond donors (Lipinski definition) is 1. The summed E-state index contributed by atoms with van der Waals surface area (Å²) >= 11 is 0. The van der Waals surface area contributed by atoms with Gasteiger partial charge >= 0.3 is 5.97 Å². The molecular formula is C13H18O4. The number of hydrogen-bond acceptors (Lipinski definition) is 3. The van der Waals surface area contributed by atoms with Crippen LogP contribution in [-0.4, -0.2) is 24.8 Å². The van der Waals surface area contributed by atoms with Gasteiger partial charge in [0.05, 0.1) is 25.7 Å². The van der Waals surface area contributed by atoms with Crippen molar-refractivity contribution in [2.45, 2.75) is 20.5 Å². The highest BCUT2D eigenvalue weighted by molar-refractivity contribution is 5.73. The molecule has 1 rings (SSSR count). The smallest absolute Gasteiger partial charge is 0.311 e. The third kappa shape index (κ3) is 4.07. The largest absolute Gasteiger partial charge is 0.497 e. The molecule has 0 aliphatic rings. The van der Waals surface area contributed by atoms with Crippen molar-refractivity contribution in [2.75, 3.05) is 13.7 Å². The average Bonchev–Trinajstić information content (AvgIpc) is 2.29. The van der Waals surface area contributed by atoms with Crippen LogP contribution in [0, 0.1) is 5.41 Å². The van der Waals surface area contributed by atoms with E-state index in [4.69, 9.17) is 14.6 Å². The fourth-order valence-corrected chi connectivity index (χ4v) is 1.21. The first-order valence-corrected chi connectivity index (χ1v) is 5.40. The van der Waals surface area contributed by atoms with Gasteiger partial charge in [0.2, 0.25) is 0 Å². The lowest BCUT2D eigenvalue weighted by Gasteiger charge is -2.18. The van der Waals surface area contributed by atoms with Gasteiger partial charge in [0.25, 0.3) is 0 Å². The van der Waals surface area contributed by atoms with E-state index in [-0.39, 0.29) is 6.61 Å². The summed E-state index contributed by atoms with van der Waals surface area (Å²) in [6.07, 6.45) is 0. The van der Waals surface area contributed by atoms with E-state index in [2.05, 4.69) is 0 Å². The molecule has 0 bridgehead atoms. The Morgan fingerprint density at radius 2 is 1.88 bits per heavy atom. The van der Waals surface area contributed by atoms with Crippen LogP contribution in [0.25, 0.3) is 0 Å². The van der Waals surface area contributed by atoms with Gasteiger partial charge in [-0.3, -0.25) is 4.79 Å². The second-order valence-corrected chi connectivity index (χ2v) is 4.53. The van der Waals surface area contributed by atoms with Gasteiger partial charge in [-0.25, -0.2) is 0 Å². The van der Waals surface area contributed by atoms with Crippen molar-refractivity contribution < 1.29 is 19.4 Å². The molecule has 4 nitrogen and oxygen atoms in total. The van der Waals surface area contributed by atoms with Crippen molar-refractivity contribution >= 4 is 5.97 Å². The molecule has 0 fully saturated rings. The molecule has 0 amide bonds. The highest BCUT2D eigenvalue weighted by Gasteiger charge is 2.27. The highest BCUT2D eigenvalue weighted by Crippen LogP contribution is 2.17. The van der Waals surface area contributed by atoms with Crippen LogP contribution in [0.15, 0.2) is 24.3 Å². The molecule has 17 heavy (non-hydrogen) atoms. The molecule has 0 aliphatic carbocycles. The fraction of sp³-hybridized carbons (Fsp3) is 0.462. The van der Waals surface area contributed by atoms with Gasteiger partial charge in [0.15, 0.2) is 0 Å². The van der Waals surface area contributed by atoms with E-state index < -0.39 is 11.4 Å². The SMILES string of the molecule is COc1ccc(COCC(C)(C)C(=O)O)cc1. The summed E-state index contributed by atoms with van der Waals surface area (Å²) in [7, 11) is 1.61. The molecule has 0 saturated carbocycles. The van der Waals surface area contributed by atoms with Crippen LogP contribution in [-0.2, 0) is 16.1 Å². The molecule has 0 atom stereocenters. The number of aliphatic carboxylic acids is 1. The lowest BCUT2D eigenvalue weighted by molar-refractivity contribution is -0.150. The van der Waals surface area contributed by atoms with E-state index in [1.165, 1.54) is 0 Å². The lowest BCUT2D eigenvalue weighted by atomic mass is 9.95. The summed E-state index contributed by atoms with van der Waals surface area (Å²) in [6, 6.07) is 7.49. The third-order valence-electron chi connectivity index (χ3n) is 2.47. The van der Waals surface area contributed by atoms with Crippen LogP contribution in [0.5, 0.6) is 5.75 Å². The summed E-state index contributed by atoms with van der Waals surface area (Å²) < 4.78 is 10.4. The third-order valence-corrected chi connectivity index (χ3v) is 2.47. The standard InChI is InChI=1S/C13H18O4/c1-13(2,12(14)15)9-17-8-10-4-6-11(16-3)7-5-10/h4-7H,8-9H2,1-3H3,(H,14,15). The summed E-state index contributed by atoms with van der Waals surface area (Å²) in [6.45, 7) is 3.88. The second kappa shape index (κ2) is 5.68. The average molecular weight is 238 g/mol. The van der Waals surface area contributed by atoms with Gasteiger partial charge in [-0.05, 0) is 31.5 Å². The maximum absolute atomic E-state index is 10.9. The van der Waals surface area contributed by atoms with Gasteiger partial charge in [-0.15, -0.1) is 0 Å². The predicted molar refractivity (Wildman–Crippen MR) is 64.1 cm³/mol. The molecule has 0 radical (unpaired) electrons. The van der Waals surface area contributed by atoms with E-state index in [0.717, 1.165) is 11.3 Å².